The van der Waals surface area contributed by atoms with E-state index in [2.05, 4.69) is 10.8 Å². The molecule has 0 saturated heterocycles. The van der Waals surface area contributed by atoms with Crippen molar-refractivity contribution < 1.29 is 27.5 Å². The molecule has 0 fully saturated rings. The Kier molecular flexibility index (Phi) is 9.93. The molecule has 1 N–H and O–H groups in total. The van der Waals surface area contributed by atoms with Gasteiger partial charge in [0.2, 0.25) is 0 Å². The number of nitrogens with zero attached hydrogens (tertiary/aromatic N) is 3. The van der Waals surface area contributed by atoms with E-state index in [1.807, 2.05) is 16.7 Å². The fourth-order valence-electron chi connectivity index (χ4n) is 4.61. The third-order valence-corrected chi connectivity index (χ3v) is 7.98. The molecule has 0 bridgehead atoms. The van der Waals surface area contributed by atoms with Gasteiger partial charge in [0.15, 0.2) is 0 Å². The van der Waals surface area contributed by atoms with Crippen molar-refractivity contribution in [2.24, 2.45) is 0 Å². The molecule has 0 aliphatic rings. The SMILES string of the molecule is CCOC(=O)CCCn1c(Cc2ccc(C#N)cc2)nc2cc(NS(=O)(=O)c3ccccc3CC(=O)OCC)ccc21. The van der Waals surface area contributed by atoms with E-state index in [0.29, 0.717) is 48.3 Å². The van der Waals surface area contributed by atoms with E-state index in [0.717, 1.165) is 16.9 Å². The molecule has 0 aliphatic heterocycles. The van der Waals surface area contributed by atoms with Crippen LogP contribution in [0.1, 0.15) is 49.2 Å². The number of sulfonamides is 1. The summed E-state index contributed by atoms with van der Waals surface area (Å²) in [5.74, 6) is -0.0429. The highest BCUT2D eigenvalue weighted by Crippen LogP contribution is 2.26. The van der Waals surface area contributed by atoms with Gasteiger partial charge in [-0.2, -0.15) is 5.26 Å². The summed E-state index contributed by atoms with van der Waals surface area (Å²) in [5.41, 5.74) is 3.52. The number of hydrogen-bond donors (Lipinski definition) is 1. The Morgan fingerprint density at radius 3 is 2.40 bits per heavy atom. The fourth-order valence-corrected chi connectivity index (χ4v) is 5.90. The summed E-state index contributed by atoms with van der Waals surface area (Å²) in [6.07, 6.45) is 1.10. The number of fused-ring (bicyclic) bond motifs is 1. The summed E-state index contributed by atoms with van der Waals surface area (Å²) in [6, 6.07) is 20.7. The van der Waals surface area contributed by atoms with Gasteiger partial charge in [-0.1, -0.05) is 30.3 Å². The number of rotatable bonds is 13. The lowest BCUT2D eigenvalue weighted by molar-refractivity contribution is -0.143. The molecule has 218 valence electrons. The van der Waals surface area contributed by atoms with Crippen molar-refractivity contribution in [1.82, 2.24) is 9.55 Å². The molecular formula is C31H32N4O6S. The number of aromatic nitrogens is 2. The van der Waals surface area contributed by atoms with Crippen molar-refractivity contribution >= 4 is 38.7 Å². The van der Waals surface area contributed by atoms with Crippen molar-refractivity contribution in [2.45, 2.75) is 51.0 Å². The third-order valence-electron chi connectivity index (χ3n) is 6.49. The molecule has 1 aromatic heterocycles. The monoisotopic (exact) mass is 588 g/mol. The Labute approximate surface area is 244 Å². The molecule has 0 amide bonds. The van der Waals surface area contributed by atoms with Gasteiger partial charge in [-0.25, -0.2) is 13.4 Å². The summed E-state index contributed by atoms with van der Waals surface area (Å²) < 4.78 is 41.4. The molecule has 0 saturated carbocycles. The summed E-state index contributed by atoms with van der Waals surface area (Å²) in [5, 5.41) is 9.12. The Morgan fingerprint density at radius 1 is 0.976 bits per heavy atom. The highest BCUT2D eigenvalue weighted by molar-refractivity contribution is 7.92. The highest BCUT2D eigenvalue weighted by atomic mass is 32.2. The van der Waals surface area contributed by atoms with Gasteiger partial charge in [0, 0.05) is 19.4 Å². The second kappa shape index (κ2) is 13.8. The maximum atomic E-state index is 13.4. The first-order chi connectivity index (χ1) is 20.2. The van der Waals surface area contributed by atoms with E-state index >= 15 is 0 Å². The molecule has 3 aromatic carbocycles. The van der Waals surface area contributed by atoms with Gasteiger partial charge >= 0.3 is 11.9 Å². The molecule has 10 nitrogen and oxygen atoms in total. The predicted molar refractivity (Wildman–Crippen MR) is 157 cm³/mol. The zero-order valence-corrected chi connectivity index (χ0v) is 24.3. The lowest BCUT2D eigenvalue weighted by Crippen LogP contribution is -2.17. The average molecular weight is 589 g/mol. The number of carbonyl (C=O) groups is 2. The number of anilines is 1. The number of benzene rings is 3. The molecule has 42 heavy (non-hydrogen) atoms. The Morgan fingerprint density at radius 2 is 1.69 bits per heavy atom. The summed E-state index contributed by atoms with van der Waals surface area (Å²) in [6.45, 7) is 4.49. The number of carbonyl (C=O) groups excluding carboxylic acids is 2. The first-order valence-electron chi connectivity index (χ1n) is 13.6. The number of esters is 2. The molecule has 11 heteroatoms. The highest BCUT2D eigenvalue weighted by Gasteiger charge is 2.21. The lowest BCUT2D eigenvalue weighted by atomic mass is 10.1. The van der Waals surface area contributed by atoms with E-state index in [9.17, 15) is 18.0 Å². The number of imidazole rings is 1. The van der Waals surface area contributed by atoms with Crippen molar-refractivity contribution in [3.05, 3.63) is 89.2 Å². The second-order valence-corrected chi connectivity index (χ2v) is 11.1. The lowest BCUT2D eigenvalue weighted by Gasteiger charge is -2.12. The molecule has 0 spiro atoms. The molecule has 4 rings (SSSR count). The minimum atomic E-state index is -4.03. The Balaban J connectivity index is 1.63. The predicted octanol–water partition coefficient (Wildman–Crippen LogP) is 4.75. The Hall–Kier alpha value is -4.69. The van der Waals surface area contributed by atoms with Crippen molar-refractivity contribution in [3.63, 3.8) is 0 Å². The van der Waals surface area contributed by atoms with Crippen LogP contribution in [0.2, 0.25) is 0 Å². The zero-order valence-electron chi connectivity index (χ0n) is 23.5. The van der Waals surface area contributed by atoms with Crippen LogP contribution in [0.15, 0.2) is 71.6 Å². The standard InChI is InChI=1S/C31H32N4O6S/c1-3-40-30(36)10-7-17-35-27-16-15-25(20-26(27)33-29(35)18-22-11-13-23(21-32)14-12-22)34-42(38,39)28-9-6-5-8-24(28)19-31(37)41-4-2/h5-6,8-9,11-16,20,34H,3-4,7,10,17-19H2,1-2H3. The normalized spacial score (nSPS) is 11.2. The molecule has 1 heterocycles. The van der Waals surface area contributed by atoms with Crippen LogP contribution in [-0.4, -0.2) is 43.1 Å². The molecule has 4 aromatic rings. The maximum Gasteiger partial charge on any atom is 0.310 e. The van der Waals surface area contributed by atoms with Crippen LogP contribution in [0, 0.1) is 11.3 Å². The minimum Gasteiger partial charge on any atom is -0.466 e. The molecule has 0 atom stereocenters. The third kappa shape index (κ3) is 7.53. The van der Waals surface area contributed by atoms with Crippen molar-refractivity contribution in [1.29, 1.82) is 5.26 Å². The van der Waals surface area contributed by atoms with Crippen LogP contribution in [0.4, 0.5) is 5.69 Å². The van der Waals surface area contributed by atoms with E-state index < -0.39 is 16.0 Å². The fraction of sp³-hybridized carbons (Fsp3) is 0.290. The summed E-state index contributed by atoms with van der Waals surface area (Å²) in [7, 11) is -4.03. The van der Waals surface area contributed by atoms with E-state index in [-0.39, 0.29) is 30.3 Å². The summed E-state index contributed by atoms with van der Waals surface area (Å²) in [4.78, 5) is 28.8. The largest absolute Gasteiger partial charge is 0.466 e. The molecule has 0 aliphatic carbocycles. The van der Waals surface area contributed by atoms with Gasteiger partial charge in [0.25, 0.3) is 10.0 Å². The van der Waals surface area contributed by atoms with Crippen LogP contribution in [0.5, 0.6) is 0 Å². The first kappa shape index (κ1) is 30.3. The van der Waals surface area contributed by atoms with Gasteiger partial charge in [-0.15, -0.1) is 0 Å². The van der Waals surface area contributed by atoms with Gasteiger partial charge in [-0.05, 0) is 67.8 Å². The topological polar surface area (TPSA) is 140 Å². The quantitative estimate of drug-likeness (QED) is 0.221. The van der Waals surface area contributed by atoms with Gasteiger partial charge in [0.05, 0.1) is 52.9 Å². The molecule has 0 unspecified atom stereocenters. The minimum absolute atomic E-state index is 0.0100. The smallest absolute Gasteiger partial charge is 0.310 e. The van der Waals surface area contributed by atoms with Crippen molar-refractivity contribution in [3.8, 4) is 6.07 Å². The maximum absolute atomic E-state index is 13.4. The van der Waals surface area contributed by atoms with Crippen LogP contribution in [-0.2, 0) is 48.5 Å². The first-order valence-corrected chi connectivity index (χ1v) is 15.1. The van der Waals surface area contributed by atoms with Gasteiger partial charge in [0.1, 0.15) is 5.82 Å². The van der Waals surface area contributed by atoms with Gasteiger partial charge in [-0.3, -0.25) is 14.3 Å². The average Bonchev–Trinajstić information content (AvgIpc) is 3.29. The second-order valence-electron chi connectivity index (χ2n) is 9.47. The number of nitriles is 1. The van der Waals surface area contributed by atoms with E-state index in [1.54, 1.807) is 62.4 Å². The van der Waals surface area contributed by atoms with Gasteiger partial charge < -0.3 is 14.0 Å². The van der Waals surface area contributed by atoms with E-state index in [4.69, 9.17) is 19.7 Å². The Bertz CT molecular complexity index is 1720. The number of nitrogens with one attached hydrogen (secondary N) is 1. The number of hydrogen-bond acceptors (Lipinski definition) is 8. The van der Waals surface area contributed by atoms with Crippen LogP contribution < -0.4 is 4.72 Å². The van der Waals surface area contributed by atoms with Crippen LogP contribution in [0.25, 0.3) is 11.0 Å². The zero-order chi connectivity index (χ0) is 30.1. The summed E-state index contributed by atoms with van der Waals surface area (Å²) >= 11 is 0. The van der Waals surface area contributed by atoms with Crippen LogP contribution >= 0.6 is 0 Å². The number of aryl methyl sites for hydroxylation is 1. The van der Waals surface area contributed by atoms with Crippen LogP contribution in [0.3, 0.4) is 0 Å². The van der Waals surface area contributed by atoms with Crippen molar-refractivity contribution in [2.75, 3.05) is 17.9 Å². The van der Waals surface area contributed by atoms with E-state index in [1.165, 1.54) is 6.07 Å². The number of ether oxygens (including phenoxy) is 2. The molecular weight excluding hydrogens is 556 g/mol. The molecule has 0 radical (unpaired) electrons.